The second-order valence-electron chi connectivity index (χ2n) is 6.82. The number of nitrogens with one attached hydrogen (secondary N) is 1. The van der Waals surface area contributed by atoms with Crippen molar-refractivity contribution in [2.75, 3.05) is 6.54 Å². The van der Waals surface area contributed by atoms with Gasteiger partial charge in [0.15, 0.2) is 0 Å². The van der Waals surface area contributed by atoms with Crippen molar-refractivity contribution in [1.29, 1.82) is 0 Å². The topological polar surface area (TPSA) is 12.0 Å². The zero-order valence-corrected chi connectivity index (χ0v) is 10.9. The van der Waals surface area contributed by atoms with Crippen LogP contribution in [0.25, 0.3) is 0 Å². The van der Waals surface area contributed by atoms with Crippen molar-refractivity contribution in [3.8, 4) is 0 Å². The Hall–Kier alpha value is 0.557. The van der Waals surface area contributed by atoms with Gasteiger partial charge in [0.1, 0.15) is 0 Å². The van der Waals surface area contributed by atoms with Crippen LogP contribution in [0.1, 0.15) is 46.5 Å². The zero-order chi connectivity index (χ0) is 11.1. The first kappa shape index (κ1) is 12.0. The van der Waals surface area contributed by atoms with Gasteiger partial charge >= 0.3 is 104 Å². The van der Waals surface area contributed by atoms with Crippen LogP contribution in [0.5, 0.6) is 0 Å². The van der Waals surface area contributed by atoms with Crippen molar-refractivity contribution in [1.82, 2.24) is 5.32 Å². The van der Waals surface area contributed by atoms with Gasteiger partial charge in [-0.3, -0.25) is 0 Å². The summed E-state index contributed by atoms with van der Waals surface area (Å²) in [6.45, 7) is 8.76. The summed E-state index contributed by atoms with van der Waals surface area (Å²) >= 11 is 2.31. The van der Waals surface area contributed by atoms with Crippen molar-refractivity contribution < 1.29 is 0 Å². The van der Waals surface area contributed by atoms with Gasteiger partial charge < -0.3 is 0 Å². The molecule has 1 heterocycles. The third kappa shape index (κ3) is 2.17. The molecule has 2 aliphatic rings. The minimum absolute atomic E-state index is 0.552. The molecule has 1 saturated heterocycles. The molecule has 1 N–H and O–H groups in total. The van der Waals surface area contributed by atoms with Crippen LogP contribution in [0, 0.1) is 16.7 Å². The van der Waals surface area contributed by atoms with E-state index in [0.29, 0.717) is 10.8 Å². The summed E-state index contributed by atoms with van der Waals surface area (Å²) in [6.07, 6.45) is 5.66. The number of hydrogen-bond acceptors (Lipinski definition) is 1. The quantitative estimate of drug-likeness (QED) is 0.692. The van der Waals surface area contributed by atoms with Crippen molar-refractivity contribution in [3.05, 3.63) is 0 Å². The first-order valence-electron chi connectivity index (χ1n) is 6.71. The van der Waals surface area contributed by atoms with E-state index in [-0.39, 0.29) is 0 Å². The van der Waals surface area contributed by atoms with E-state index in [1.165, 1.54) is 37.3 Å². The molecule has 0 aromatic heterocycles. The Morgan fingerprint density at radius 2 is 2.00 bits per heavy atom. The third-order valence-electron chi connectivity index (χ3n) is 4.91. The molecule has 2 heteroatoms. The molecular formula is C13H24LiN. The van der Waals surface area contributed by atoms with Gasteiger partial charge in [-0.1, -0.05) is 0 Å². The summed E-state index contributed by atoms with van der Waals surface area (Å²) in [7, 11) is 0. The summed E-state index contributed by atoms with van der Waals surface area (Å²) in [5, 5.41) is 5.07. The Bertz CT molecular complexity index is 239. The Morgan fingerprint density at radius 3 is 2.67 bits per heavy atom. The Morgan fingerprint density at radius 1 is 1.27 bits per heavy atom. The van der Waals surface area contributed by atoms with Crippen LogP contribution in [0.3, 0.4) is 0 Å². The first-order chi connectivity index (χ1) is 6.98. The summed E-state index contributed by atoms with van der Waals surface area (Å²) in [5.41, 5.74) is 1.14. The van der Waals surface area contributed by atoms with Crippen molar-refractivity contribution in [2.45, 2.75) is 57.6 Å². The predicted molar refractivity (Wildman–Crippen MR) is 66.2 cm³/mol. The van der Waals surface area contributed by atoms with Crippen LogP contribution >= 0.6 is 0 Å². The molecule has 1 saturated carbocycles. The van der Waals surface area contributed by atoms with E-state index in [9.17, 15) is 0 Å². The third-order valence-corrected chi connectivity index (χ3v) is 4.91. The van der Waals surface area contributed by atoms with Crippen molar-refractivity contribution >= 4 is 17.7 Å². The van der Waals surface area contributed by atoms with Gasteiger partial charge in [-0.25, -0.2) is 0 Å². The minimum atomic E-state index is 0.552. The predicted octanol–water partition coefficient (Wildman–Crippen LogP) is 2.77. The van der Waals surface area contributed by atoms with Gasteiger partial charge in [0.25, 0.3) is 0 Å². The maximum atomic E-state index is 3.72. The summed E-state index contributed by atoms with van der Waals surface area (Å²) in [4.78, 5) is 0. The van der Waals surface area contributed by atoms with E-state index in [0.717, 1.165) is 12.0 Å². The molecule has 0 amide bonds. The fraction of sp³-hybridized carbons (Fsp3) is 1.00. The number of hydrogen-bond donors (Lipinski definition) is 1. The molecule has 0 radical (unpaired) electrons. The number of rotatable bonds is 3. The Kier molecular flexibility index (Phi) is 3.28. The van der Waals surface area contributed by atoms with Gasteiger partial charge in [-0.2, -0.15) is 0 Å². The number of fused-ring (bicyclic) bond motifs is 2. The summed E-state index contributed by atoms with van der Waals surface area (Å²) in [5.74, 6) is 0.927. The molecule has 3 atom stereocenters. The molecule has 2 bridgehead atoms. The average molecular weight is 201 g/mol. The molecule has 82 valence electrons. The van der Waals surface area contributed by atoms with Crippen molar-refractivity contribution in [2.24, 2.45) is 16.7 Å². The fourth-order valence-corrected chi connectivity index (χ4v) is 4.36. The van der Waals surface area contributed by atoms with E-state index in [2.05, 4.69) is 43.8 Å². The molecule has 0 aromatic carbocycles. The Labute approximate surface area is 104 Å². The molecule has 1 aliphatic carbocycles. The van der Waals surface area contributed by atoms with Crippen molar-refractivity contribution in [3.63, 3.8) is 0 Å². The molecule has 2 rings (SSSR count). The van der Waals surface area contributed by atoms with Crippen LogP contribution in [-0.2, 0) is 0 Å². The first-order valence-corrected chi connectivity index (χ1v) is 6.71. The van der Waals surface area contributed by atoms with Gasteiger partial charge in [-0.05, 0) is 0 Å². The summed E-state index contributed by atoms with van der Waals surface area (Å²) in [6, 6.07) is 0.808. The standard InChI is InChI=1S/C13H24N.Li/c1-5-6-11-12(2,3)7-10-8-13(11,4)9-14-10;/h10-11,14H,1,5-9H2,2-4H3;. The van der Waals surface area contributed by atoms with Gasteiger partial charge in [0.05, 0.1) is 0 Å². The molecule has 1 nitrogen and oxygen atoms in total. The zero-order valence-electron chi connectivity index (χ0n) is 10.9. The van der Waals surface area contributed by atoms with Crippen LogP contribution < -0.4 is 5.32 Å². The second-order valence-corrected chi connectivity index (χ2v) is 6.82. The molecule has 3 unspecified atom stereocenters. The van der Waals surface area contributed by atoms with Gasteiger partial charge in [0, 0.05) is 0 Å². The van der Waals surface area contributed by atoms with Crippen LogP contribution in [-0.4, -0.2) is 30.3 Å². The normalized spacial score (nSPS) is 43.3. The van der Waals surface area contributed by atoms with E-state index in [1.54, 1.807) is 0 Å². The van der Waals surface area contributed by atoms with E-state index in [4.69, 9.17) is 0 Å². The molecule has 15 heavy (non-hydrogen) atoms. The maximum absolute atomic E-state index is 3.72. The Balaban J connectivity index is 2.15. The van der Waals surface area contributed by atoms with Crippen LogP contribution in [0.2, 0.25) is 5.09 Å². The van der Waals surface area contributed by atoms with E-state index in [1.807, 2.05) is 0 Å². The molecule has 1 aliphatic heterocycles. The molecule has 0 aromatic rings. The second kappa shape index (κ2) is 4.10. The monoisotopic (exact) mass is 201 g/mol. The fourth-order valence-electron chi connectivity index (χ4n) is 4.36. The van der Waals surface area contributed by atoms with Gasteiger partial charge in [-0.15, -0.1) is 0 Å². The van der Waals surface area contributed by atoms with Gasteiger partial charge in [0.2, 0.25) is 0 Å². The van der Waals surface area contributed by atoms with Crippen LogP contribution in [0.4, 0.5) is 0 Å². The SMILES string of the molecule is [Li][CH2]CCC1C(C)(C)CC2CC1(C)CN2. The van der Waals surface area contributed by atoms with E-state index < -0.39 is 0 Å². The summed E-state index contributed by atoms with van der Waals surface area (Å²) < 4.78 is 0. The molecular weight excluding hydrogens is 177 g/mol. The molecule has 0 spiro atoms. The average Bonchev–Trinajstić information content (AvgIpc) is 2.43. The van der Waals surface area contributed by atoms with Crippen LogP contribution in [0.15, 0.2) is 0 Å². The molecule has 2 fully saturated rings. The van der Waals surface area contributed by atoms with E-state index >= 15 is 0 Å².